The number of fused-ring (bicyclic) bond motifs is 1. The molecule has 0 radical (unpaired) electrons. The molecule has 0 saturated heterocycles. The number of hydrogen-bond donors (Lipinski definition) is 3. The third-order valence-corrected chi connectivity index (χ3v) is 7.39. The van der Waals surface area contributed by atoms with Crippen molar-refractivity contribution in [1.82, 2.24) is 10.3 Å². The number of nitrogens with two attached hydrogens (primary N) is 1. The van der Waals surface area contributed by atoms with Gasteiger partial charge in [0, 0.05) is 18.2 Å². The fourth-order valence-electron chi connectivity index (χ4n) is 3.56. The Morgan fingerprint density at radius 3 is 2.53 bits per heavy atom. The number of furan rings is 1. The molecule has 0 fully saturated rings. The van der Waals surface area contributed by atoms with Gasteiger partial charge in [-0.3, -0.25) is 14.3 Å². The maximum absolute atomic E-state index is 13.4. The zero-order valence-corrected chi connectivity index (χ0v) is 21.8. The maximum Gasteiger partial charge on any atom is 0.255 e. The summed E-state index contributed by atoms with van der Waals surface area (Å²) < 4.78 is 47.7. The number of hydrogen-bond acceptors (Lipinski definition) is 6. The van der Waals surface area contributed by atoms with Gasteiger partial charge in [-0.15, -0.1) is 0 Å². The molecule has 4 N–H and O–H groups in total. The number of rotatable bonds is 8. The number of anilines is 1. The quantitative estimate of drug-likeness (QED) is 0.256. The van der Waals surface area contributed by atoms with E-state index in [-0.39, 0.29) is 35.0 Å². The highest BCUT2D eigenvalue weighted by Gasteiger charge is 2.25. The van der Waals surface area contributed by atoms with Gasteiger partial charge in [0.25, 0.3) is 5.91 Å². The summed E-state index contributed by atoms with van der Waals surface area (Å²) in [6.45, 7) is 0. The Hall–Kier alpha value is -3.52. The SMILES string of the molecule is CNC(=O)c1c(-c2ccc(F)cc2)oc2nc(NS(=O)(=O)CCc3cccc(C(N)=O)c3)c(I)cc12. The van der Waals surface area contributed by atoms with Gasteiger partial charge in [-0.25, -0.2) is 12.8 Å². The number of carbonyl (C=O) groups is 2. The van der Waals surface area contributed by atoms with Gasteiger partial charge in [-0.05, 0) is 77.0 Å². The number of sulfonamides is 1. The van der Waals surface area contributed by atoms with Crippen molar-refractivity contribution in [2.45, 2.75) is 6.42 Å². The van der Waals surface area contributed by atoms with Gasteiger partial charge in [0.2, 0.25) is 21.6 Å². The van der Waals surface area contributed by atoms with Crippen molar-refractivity contribution >= 4 is 61.3 Å². The second-order valence-electron chi connectivity index (χ2n) is 7.80. The lowest BCUT2D eigenvalue weighted by molar-refractivity contribution is 0.0963. The van der Waals surface area contributed by atoms with Gasteiger partial charge in [-0.2, -0.15) is 4.98 Å². The second kappa shape index (κ2) is 10.2. The number of benzene rings is 2. The molecule has 2 heterocycles. The van der Waals surface area contributed by atoms with Gasteiger partial charge in [0.15, 0.2) is 5.82 Å². The minimum atomic E-state index is -3.83. The molecule has 186 valence electrons. The van der Waals surface area contributed by atoms with Crippen LogP contribution >= 0.6 is 22.6 Å². The van der Waals surface area contributed by atoms with Crippen LogP contribution in [0.2, 0.25) is 0 Å². The molecule has 9 nitrogen and oxygen atoms in total. The van der Waals surface area contributed by atoms with E-state index in [1.807, 2.05) is 22.6 Å². The van der Waals surface area contributed by atoms with Crippen LogP contribution < -0.4 is 15.8 Å². The molecule has 0 unspecified atom stereocenters. The molecule has 0 spiro atoms. The fraction of sp³-hybridized carbons (Fsp3) is 0.125. The highest BCUT2D eigenvalue weighted by Crippen LogP contribution is 2.35. The van der Waals surface area contributed by atoms with Crippen LogP contribution in [0.1, 0.15) is 26.3 Å². The molecule has 0 saturated carbocycles. The monoisotopic (exact) mass is 622 g/mol. The number of pyridine rings is 1. The van der Waals surface area contributed by atoms with E-state index in [0.29, 0.717) is 25.6 Å². The van der Waals surface area contributed by atoms with Gasteiger partial charge in [-0.1, -0.05) is 12.1 Å². The van der Waals surface area contributed by atoms with E-state index in [0.717, 1.165) is 0 Å². The predicted octanol–water partition coefficient (Wildman–Crippen LogP) is 3.68. The second-order valence-corrected chi connectivity index (χ2v) is 10.8. The average Bonchev–Trinajstić information content (AvgIpc) is 3.21. The van der Waals surface area contributed by atoms with Crippen LogP contribution in [0.3, 0.4) is 0 Å². The molecule has 0 aliphatic rings. The first-order valence-electron chi connectivity index (χ1n) is 10.6. The zero-order valence-electron chi connectivity index (χ0n) is 18.8. The molecule has 0 aliphatic carbocycles. The van der Waals surface area contributed by atoms with Gasteiger partial charge >= 0.3 is 0 Å². The Kier molecular flexibility index (Phi) is 7.26. The molecule has 0 atom stereocenters. The van der Waals surface area contributed by atoms with Gasteiger partial charge < -0.3 is 15.5 Å². The summed E-state index contributed by atoms with van der Waals surface area (Å²) in [7, 11) is -2.37. The molecular weight excluding hydrogens is 602 g/mol. The molecule has 0 aliphatic heterocycles. The zero-order chi connectivity index (χ0) is 26.0. The number of halogens is 2. The number of nitrogens with zero attached hydrogens (tertiary/aromatic N) is 1. The molecular formula is C24H20FIN4O5S. The van der Waals surface area contributed by atoms with Gasteiger partial charge in [0.1, 0.15) is 11.6 Å². The number of amides is 2. The summed E-state index contributed by atoms with van der Waals surface area (Å²) in [5.41, 5.74) is 6.92. The number of primary amides is 1. The Labute approximate surface area is 219 Å². The van der Waals surface area contributed by atoms with E-state index >= 15 is 0 Å². The molecule has 36 heavy (non-hydrogen) atoms. The highest BCUT2D eigenvalue weighted by atomic mass is 127. The Morgan fingerprint density at radius 1 is 1.14 bits per heavy atom. The van der Waals surface area contributed by atoms with Crippen molar-refractivity contribution in [2.24, 2.45) is 5.73 Å². The number of nitrogens with one attached hydrogen (secondary N) is 2. The van der Waals surface area contributed by atoms with E-state index < -0.39 is 27.7 Å². The molecule has 2 amide bonds. The minimum Gasteiger partial charge on any atom is -0.437 e. The van der Waals surface area contributed by atoms with Crippen LogP contribution in [0.5, 0.6) is 0 Å². The average molecular weight is 622 g/mol. The third kappa shape index (κ3) is 5.49. The Morgan fingerprint density at radius 2 is 1.86 bits per heavy atom. The van der Waals surface area contributed by atoms with Crippen molar-refractivity contribution in [3.8, 4) is 11.3 Å². The van der Waals surface area contributed by atoms with Crippen LogP contribution in [0.25, 0.3) is 22.4 Å². The molecule has 4 aromatic rings. The normalized spacial score (nSPS) is 11.4. The minimum absolute atomic E-state index is 0.0387. The highest BCUT2D eigenvalue weighted by molar-refractivity contribution is 14.1. The van der Waals surface area contributed by atoms with Crippen LogP contribution in [-0.4, -0.2) is 38.0 Å². The topological polar surface area (TPSA) is 144 Å². The van der Waals surface area contributed by atoms with Crippen molar-refractivity contribution in [1.29, 1.82) is 0 Å². The largest absolute Gasteiger partial charge is 0.437 e. The van der Waals surface area contributed by atoms with E-state index in [9.17, 15) is 22.4 Å². The Bertz CT molecular complexity index is 1590. The summed E-state index contributed by atoms with van der Waals surface area (Å²) in [6, 6.07) is 13.5. The first-order chi connectivity index (χ1) is 17.1. The first kappa shape index (κ1) is 25.6. The van der Waals surface area contributed by atoms with Crippen molar-refractivity contribution in [3.05, 3.63) is 80.7 Å². The van der Waals surface area contributed by atoms with Crippen molar-refractivity contribution in [3.63, 3.8) is 0 Å². The van der Waals surface area contributed by atoms with E-state index in [1.165, 1.54) is 31.3 Å². The fourth-order valence-corrected chi connectivity index (χ4v) is 5.36. The summed E-state index contributed by atoms with van der Waals surface area (Å²) in [5.74, 6) is -1.52. The lowest BCUT2D eigenvalue weighted by atomic mass is 10.1. The lowest BCUT2D eigenvalue weighted by Crippen LogP contribution is -2.20. The summed E-state index contributed by atoms with van der Waals surface area (Å²) in [4.78, 5) is 28.3. The van der Waals surface area contributed by atoms with Crippen LogP contribution in [0.4, 0.5) is 10.2 Å². The smallest absolute Gasteiger partial charge is 0.255 e. The standard InChI is InChI=1S/C24H20FIN4O5S/c1-28-23(32)19-17-12-18(26)22(29-24(17)35-20(19)14-5-7-16(25)8-6-14)30-36(33,34)10-9-13-3-2-4-15(11-13)21(27)31/h2-8,11-12H,9-10H2,1H3,(H2,27,31)(H,28,32)(H,29,30). The van der Waals surface area contributed by atoms with Gasteiger partial charge in [0.05, 0.1) is 20.3 Å². The predicted molar refractivity (Wildman–Crippen MR) is 142 cm³/mol. The third-order valence-electron chi connectivity index (χ3n) is 5.32. The summed E-state index contributed by atoms with van der Waals surface area (Å²) in [5, 5.41) is 2.93. The van der Waals surface area contributed by atoms with Crippen LogP contribution in [0.15, 0.2) is 59.0 Å². The van der Waals surface area contributed by atoms with Crippen LogP contribution in [-0.2, 0) is 16.4 Å². The maximum atomic E-state index is 13.4. The summed E-state index contributed by atoms with van der Waals surface area (Å²) >= 11 is 1.92. The lowest BCUT2D eigenvalue weighted by Gasteiger charge is -2.09. The van der Waals surface area contributed by atoms with Crippen molar-refractivity contribution in [2.75, 3.05) is 17.5 Å². The molecule has 2 aromatic heterocycles. The van der Waals surface area contributed by atoms with E-state index in [2.05, 4.69) is 15.0 Å². The van der Waals surface area contributed by atoms with E-state index in [1.54, 1.807) is 30.3 Å². The summed E-state index contributed by atoms with van der Waals surface area (Å²) in [6.07, 6.45) is 0.144. The van der Waals surface area contributed by atoms with E-state index in [4.69, 9.17) is 10.2 Å². The molecule has 12 heteroatoms. The molecule has 4 rings (SSSR count). The first-order valence-corrected chi connectivity index (χ1v) is 13.3. The number of aryl methyl sites for hydroxylation is 1. The molecule has 2 aromatic carbocycles. The van der Waals surface area contributed by atoms with Crippen LogP contribution in [0, 0.1) is 9.39 Å². The Balaban J connectivity index is 1.65. The van der Waals surface area contributed by atoms with Crippen molar-refractivity contribution < 1.29 is 26.8 Å². The number of carbonyl (C=O) groups excluding carboxylic acids is 2. The number of aromatic nitrogens is 1. The molecule has 0 bridgehead atoms.